The molecule has 1 aromatic carbocycles. The van der Waals surface area contributed by atoms with Crippen molar-refractivity contribution in [2.24, 2.45) is 5.41 Å². The van der Waals surface area contributed by atoms with E-state index in [4.69, 9.17) is 4.74 Å². The zero-order valence-electron chi connectivity index (χ0n) is 20.2. The van der Waals surface area contributed by atoms with Crippen LogP contribution in [0.5, 0.6) is 11.8 Å². The number of hydrogen-bond donors (Lipinski definition) is 2. The van der Waals surface area contributed by atoms with Crippen molar-refractivity contribution >= 4 is 33.6 Å². The lowest BCUT2D eigenvalue weighted by Gasteiger charge is -2.27. The van der Waals surface area contributed by atoms with E-state index in [1.165, 1.54) is 12.4 Å². The van der Waals surface area contributed by atoms with E-state index >= 15 is 0 Å². The predicted molar refractivity (Wildman–Crippen MR) is 136 cm³/mol. The number of likely N-dealkylation sites (tertiary alicyclic amines) is 1. The number of aryl methyl sites for hydroxylation is 1. The monoisotopic (exact) mass is 551 g/mol. The standard InChI is InChI=1S/C26H26BrN5O4/c1-14-4-5-21(27)30-23(14)31-24(34)19-10-26(2)11-20(26)32(19)22(33)8-15-6-16(9-18(7-15)36-3)17-12-28-25(35)29-13-17/h4-7,9,12-13,19-20H,8,10-11H2,1-3H3,(H,28,29,35)(H,30,31,34)/t19-,20+,26-/m0/s1. The van der Waals surface area contributed by atoms with Crippen molar-refractivity contribution in [1.29, 1.82) is 0 Å². The SMILES string of the molecule is COc1cc(CC(=O)N2[C@H](C(=O)Nc3nc(Br)ccc3C)C[C@@]3(C)C[C@@H]23)cc(-c2cnc(O)nc2)c1. The molecule has 10 heteroatoms. The first-order valence-electron chi connectivity index (χ1n) is 11.6. The van der Waals surface area contributed by atoms with Crippen LogP contribution in [0.25, 0.3) is 11.1 Å². The van der Waals surface area contributed by atoms with Crippen LogP contribution < -0.4 is 10.1 Å². The summed E-state index contributed by atoms with van der Waals surface area (Å²) in [5.74, 6) is 0.743. The second-order valence-electron chi connectivity index (χ2n) is 9.70. The number of benzene rings is 1. The minimum Gasteiger partial charge on any atom is -0.497 e. The molecule has 1 saturated heterocycles. The summed E-state index contributed by atoms with van der Waals surface area (Å²) in [5.41, 5.74) is 3.01. The first kappa shape index (κ1) is 24.2. The van der Waals surface area contributed by atoms with Gasteiger partial charge in [-0.25, -0.2) is 15.0 Å². The van der Waals surface area contributed by atoms with E-state index in [2.05, 4.69) is 43.1 Å². The van der Waals surface area contributed by atoms with Gasteiger partial charge in [0.25, 0.3) is 0 Å². The number of nitrogens with one attached hydrogen (secondary N) is 1. The third-order valence-corrected chi connectivity index (χ3v) is 7.50. The van der Waals surface area contributed by atoms with Crippen molar-refractivity contribution < 1.29 is 19.4 Å². The smallest absolute Gasteiger partial charge is 0.313 e. The first-order valence-corrected chi connectivity index (χ1v) is 12.4. The number of anilines is 1. The van der Waals surface area contributed by atoms with Crippen molar-refractivity contribution in [2.75, 3.05) is 12.4 Å². The molecule has 2 aromatic heterocycles. The highest BCUT2D eigenvalue weighted by Crippen LogP contribution is 2.59. The van der Waals surface area contributed by atoms with Gasteiger partial charge in [-0.05, 0) is 76.0 Å². The van der Waals surface area contributed by atoms with Gasteiger partial charge in [-0.3, -0.25) is 9.59 Å². The Kier molecular flexibility index (Phi) is 6.15. The quantitative estimate of drug-likeness (QED) is 0.446. The molecule has 0 bridgehead atoms. The Hall–Kier alpha value is -3.53. The predicted octanol–water partition coefficient (Wildman–Crippen LogP) is 3.88. The van der Waals surface area contributed by atoms with Gasteiger partial charge < -0.3 is 20.1 Å². The van der Waals surface area contributed by atoms with Crippen LogP contribution in [0.2, 0.25) is 0 Å². The molecule has 1 aliphatic carbocycles. The average molecular weight is 552 g/mol. The number of halogens is 1. The molecule has 2 amide bonds. The van der Waals surface area contributed by atoms with E-state index in [9.17, 15) is 14.7 Å². The van der Waals surface area contributed by atoms with Gasteiger partial charge in [0.1, 0.15) is 22.2 Å². The summed E-state index contributed by atoms with van der Waals surface area (Å²) in [7, 11) is 1.56. The summed E-state index contributed by atoms with van der Waals surface area (Å²) < 4.78 is 6.08. The van der Waals surface area contributed by atoms with Crippen molar-refractivity contribution in [2.45, 2.75) is 45.2 Å². The Morgan fingerprint density at radius 2 is 1.94 bits per heavy atom. The summed E-state index contributed by atoms with van der Waals surface area (Å²) >= 11 is 3.35. The van der Waals surface area contributed by atoms with Crippen LogP contribution in [0, 0.1) is 12.3 Å². The van der Waals surface area contributed by atoms with Crippen LogP contribution in [0.15, 0.2) is 47.3 Å². The van der Waals surface area contributed by atoms with Crippen molar-refractivity contribution in [3.63, 3.8) is 0 Å². The number of aromatic nitrogens is 3. The number of carbonyl (C=O) groups excluding carboxylic acids is 2. The summed E-state index contributed by atoms with van der Waals surface area (Å²) in [6, 6.07) is 8.39. The van der Waals surface area contributed by atoms with Gasteiger partial charge >= 0.3 is 6.01 Å². The fourth-order valence-electron chi connectivity index (χ4n) is 4.98. The summed E-state index contributed by atoms with van der Waals surface area (Å²) in [5, 5.41) is 12.3. The highest BCUT2D eigenvalue weighted by molar-refractivity contribution is 9.10. The van der Waals surface area contributed by atoms with Crippen LogP contribution in [0.1, 0.15) is 30.9 Å². The van der Waals surface area contributed by atoms with Crippen LogP contribution in [0.4, 0.5) is 5.82 Å². The van der Waals surface area contributed by atoms with Gasteiger partial charge in [-0.15, -0.1) is 0 Å². The van der Waals surface area contributed by atoms with E-state index in [1.807, 2.05) is 37.3 Å². The molecule has 36 heavy (non-hydrogen) atoms. The van der Waals surface area contributed by atoms with Gasteiger partial charge in [-0.2, -0.15) is 0 Å². The third-order valence-electron chi connectivity index (χ3n) is 7.06. The molecule has 0 unspecified atom stereocenters. The lowest BCUT2D eigenvalue weighted by molar-refractivity contribution is -0.137. The molecular formula is C26H26BrN5O4. The van der Waals surface area contributed by atoms with Gasteiger partial charge in [0.05, 0.1) is 13.5 Å². The number of hydrogen-bond acceptors (Lipinski definition) is 7. The molecule has 3 heterocycles. The van der Waals surface area contributed by atoms with Crippen LogP contribution in [-0.4, -0.2) is 56.0 Å². The lowest BCUT2D eigenvalue weighted by atomic mass is 10.0. The van der Waals surface area contributed by atoms with E-state index in [0.29, 0.717) is 28.2 Å². The minimum atomic E-state index is -0.558. The van der Waals surface area contributed by atoms with E-state index in [-0.39, 0.29) is 35.7 Å². The maximum absolute atomic E-state index is 13.6. The summed E-state index contributed by atoms with van der Waals surface area (Å²) in [6.07, 6.45) is 4.66. The molecule has 0 radical (unpaired) electrons. The maximum atomic E-state index is 13.6. The zero-order chi connectivity index (χ0) is 25.6. The molecule has 2 aliphatic rings. The van der Waals surface area contributed by atoms with Crippen LogP contribution >= 0.6 is 15.9 Å². The molecule has 3 aromatic rings. The average Bonchev–Trinajstić information content (AvgIpc) is 3.41. The normalized spacial score (nSPS) is 22.2. The van der Waals surface area contributed by atoms with E-state index in [1.54, 1.807) is 12.0 Å². The minimum absolute atomic E-state index is 0.0413. The van der Waals surface area contributed by atoms with Crippen LogP contribution in [-0.2, 0) is 16.0 Å². The Labute approximate surface area is 217 Å². The van der Waals surface area contributed by atoms with Crippen molar-refractivity contribution in [3.05, 3.63) is 58.5 Å². The van der Waals surface area contributed by atoms with E-state index in [0.717, 1.165) is 23.1 Å². The number of nitrogens with zero attached hydrogens (tertiary/aromatic N) is 4. The maximum Gasteiger partial charge on any atom is 0.313 e. The van der Waals surface area contributed by atoms with Gasteiger partial charge in [0.2, 0.25) is 11.8 Å². The number of pyridine rings is 1. The molecule has 5 rings (SSSR count). The fourth-order valence-corrected chi connectivity index (χ4v) is 5.28. The Morgan fingerprint density at radius 3 is 2.67 bits per heavy atom. The Bertz CT molecular complexity index is 1350. The number of aromatic hydroxyl groups is 1. The van der Waals surface area contributed by atoms with Crippen LogP contribution in [0.3, 0.4) is 0 Å². The molecule has 1 aliphatic heterocycles. The van der Waals surface area contributed by atoms with Gasteiger partial charge in [0.15, 0.2) is 0 Å². The molecule has 9 nitrogen and oxygen atoms in total. The Morgan fingerprint density at radius 1 is 1.19 bits per heavy atom. The number of amides is 2. The first-order chi connectivity index (χ1) is 17.2. The van der Waals surface area contributed by atoms with Crippen molar-refractivity contribution in [3.8, 4) is 22.9 Å². The number of rotatable bonds is 6. The second kappa shape index (κ2) is 9.16. The van der Waals surface area contributed by atoms with Gasteiger partial charge in [0, 0.05) is 24.0 Å². The van der Waals surface area contributed by atoms with Gasteiger partial charge in [-0.1, -0.05) is 19.1 Å². The number of methoxy groups -OCH3 is 1. The molecule has 3 atom stereocenters. The molecule has 2 N–H and O–H groups in total. The van der Waals surface area contributed by atoms with E-state index < -0.39 is 6.04 Å². The molecule has 0 spiro atoms. The highest BCUT2D eigenvalue weighted by atomic mass is 79.9. The zero-order valence-corrected chi connectivity index (χ0v) is 21.7. The number of piperidine rings is 1. The molecule has 2 fully saturated rings. The highest BCUT2D eigenvalue weighted by Gasteiger charge is 2.64. The summed E-state index contributed by atoms with van der Waals surface area (Å²) in [4.78, 5) is 40.7. The molecule has 186 valence electrons. The summed E-state index contributed by atoms with van der Waals surface area (Å²) in [6.45, 7) is 4.01. The molecule has 1 saturated carbocycles. The Balaban J connectivity index is 1.38. The third kappa shape index (κ3) is 4.65. The topological polar surface area (TPSA) is 118 Å². The number of carbonyl (C=O) groups is 2. The fraction of sp³-hybridized carbons (Fsp3) is 0.346. The second-order valence-corrected chi connectivity index (χ2v) is 10.5. The molecular weight excluding hydrogens is 526 g/mol. The number of fused-ring (bicyclic) bond motifs is 1. The van der Waals surface area contributed by atoms with Crippen molar-refractivity contribution in [1.82, 2.24) is 19.9 Å². The number of ether oxygens (including phenoxy) is 1. The lowest BCUT2D eigenvalue weighted by Crippen LogP contribution is -2.46. The largest absolute Gasteiger partial charge is 0.497 e.